The fourth-order valence-electron chi connectivity index (χ4n) is 3.01. The van der Waals surface area contributed by atoms with Crippen LogP contribution in [0.15, 0.2) is 36.4 Å². The minimum Gasteiger partial charge on any atom is -0.491 e. The minimum absolute atomic E-state index is 0.112. The van der Waals surface area contributed by atoms with E-state index in [9.17, 15) is 36.2 Å². The van der Waals surface area contributed by atoms with Crippen molar-refractivity contribution >= 4 is 17.6 Å². The van der Waals surface area contributed by atoms with Crippen LogP contribution in [0.5, 0.6) is 5.75 Å². The van der Waals surface area contributed by atoms with Crippen molar-refractivity contribution in [1.82, 2.24) is 0 Å². The van der Waals surface area contributed by atoms with Crippen molar-refractivity contribution in [2.45, 2.75) is 44.5 Å². The monoisotopic (exact) mass is 468 g/mol. The molecule has 1 atom stereocenters. The molecule has 0 fully saturated rings. The molecule has 0 aliphatic rings. The highest BCUT2D eigenvalue weighted by Gasteiger charge is 2.31. The molecule has 0 saturated carbocycles. The molecule has 0 amide bonds. The summed E-state index contributed by atoms with van der Waals surface area (Å²) in [6.45, 7) is 1.02. The van der Waals surface area contributed by atoms with Gasteiger partial charge in [0, 0.05) is 5.56 Å². The molecule has 2 rings (SSSR count). The van der Waals surface area contributed by atoms with Crippen molar-refractivity contribution in [2.75, 3.05) is 6.61 Å². The molecule has 0 bridgehead atoms. The molecule has 31 heavy (non-hydrogen) atoms. The lowest BCUT2D eigenvalue weighted by Gasteiger charge is -2.19. The van der Waals surface area contributed by atoms with Gasteiger partial charge in [-0.2, -0.15) is 26.3 Å². The van der Waals surface area contributed by atoms with Crippen LogP contribution >= 0.6 is 11.6 Å². The van der Waals surface area contributed by atoms with E-state index in [1.54, 1.807) is 6.92 Å². The molecule has 0 aromatic heterocycles. The Morgan fingerprint density at radius 2 is 1.71 bits per heavy atom. The molecule has 3 nitrogen and oxygen atoms in total. The van der Waals surface area contributed by atoms with Crippen molar-refractivity contribution in [3.63, 3.8) is 0 Å². The third-order valence-electron chi connectivity index (χ3n) is 4.50. The number of carboxylic acids is 1. The maximum absolute atomic E-state index is 12.9. The van der Waals surface area contributed by atoms with Crippen LogP contribution in [-0.4, -0.2) is 23.9 Å². The fourth-order valence-corrected chi connectivity index (χ4v) is 3.29. The Bertz CT molecular complexity index is 907. The number of rotatable bonds is 8. The molecule has 1 N–H and O–H groups in total. The van der Waals surface area contributed by atoms with Crippen molar-refractivity contribution < 1.29 is 41.0 Å². The molecule has 0 saturated heterocycles. The molecule has 0 aliphatic carbocycles. The number of hydrogen-bond donors (Lipinski definition) is 1. The first-order valence-corrected chi connectivity index (χ1v) is 9.64. The van der Waals surface area contributed by atoms with Gasteiger partial charge in [0.05, 0.1) is 29.5 Å². The fraction of sp³-hybridized carbons (Fsp3) is 0.381. The van der Waals surface area contributed by atoms with Gasteiger partial charge in [-0.25, -0.2) is 0 Å². The van der Waals surface area contributed by atoms with Gasteiger partial charge in [-0.15, -0.1) is 0 Å². The Labute approximate surface area is 179 Å². The smallest absolute Gasteiger partial charge is 0.416 e. The number of halogens is 7. The molecule has 0 radical (unpaired) electrons. The third-order valence-corrected chi connectivity index (χ3v) is 4.78. The molecule has 0 aliphatic heterocycles. The molecule has 2 aromatic rings. The van der Waals surface area contributed by atoms with Gasteiger partial charge in [0.25, 0.3) is 0 Å². The summed E-state index contributed by atoms with van der Waals surface area (Å²) < 4.78 is 81.3. The van der Waals surface area contributed by atoms with Gasteiger partial charge in [0.15, 0.2) is 0 Å². The summed E-state index contributed by atoms with van der Waals surface area (Å²) in [4.78, 5) is 11.6. The molecule has 1 unspecified atom stereocenters. The number of carbonyl (C=O) groups is 1. The summed E-state index contributed by atoms with van der Waals surface area (Å²) >= 11 is 6.21. The van der Waals surface area contributed by atoms with Crippen LogP contribution in [0, 0.1) is 0 Å². The van der Waals surface area contributed by atoms with Crippen molar-refractivity contribution in [3.05, 3.63) is 52.5 Å². The zero-order valence-electron chi connectivity index (χ0n) is 16.3. The Morgan fingerprint density at radius 3 is 2.19 bits per heavy atom. The Hall–Kier alpha value is -2.42. The molecule has 10 heteroatoms. The van der Waals surface area contributed by atoms with E-state index in [1.165, 1.54) is 12.1 Å². The lowest BCUT2D eigenvalue weighted by molar-refractivity contribution is -0.140. The van der Waals surface area contributed by atoms with E-state index in [0.29, 0.717) is 6.42 Å². The summed E-state index contributed by atoms with van der Waals surface area (Å²) in [5, 5.41) is 9.38. The van der Waals surface area contributed by atoms with Crippen LogP contribution in [-0.2, 0) is 11.0 Å². The highest BCUT2D eigenvalue weighted by atomic mass is 35.5. The number of hydrogen-bond acceptors (Lipinski definition) is 2. The van der Waals surface area contributed by atoms with E-state index >= 15 is 0 Å². The second-order valence-corrected chi connectivity index (χ2v) is 7.25. The average molecular weight is 469 g/mol. The second-order valence-electron chi connectivity index (χ2n) is 6.85. The van der Waals surface area contributed by atoms with Crippen molar-refractivity contribution in [3.8, 4) is 16.9 Å². The summed E-state index contributed by atoms with van der Waals surface area (Å²) in [7, 11) is 0. The normalized spacial score (nSPS) is 13.2. The largest absolute Gasteiger partial charge is 0.491 e. The quantitative estimate of drug-likeness (QED) is 0.413. The van der Waals surface area contributed by atoms with Gasteiger partial charge >= 0.3 is 18.3 Å². The van der Waals surface area contributed by atoms with Crippen molar-refractivity contribution in [2.24, 2.45) is 0 Å². The Morgan fingerprint density at radius 1 is 1.10 bits per heavy atom. The standard InChI is InChI=1S/C21H19ClF6O3/c1-2-3-15(19(29)30)13-10-16(12-4-6-14(7-5-12)21(26,27)28)18(17(22)11-13)31-9-8-20(23,24)25/h4-7,10-11,15H,2-3,8-9H2,1H3,(H,29,30). The van der Waals surface area contributed by atoms with Crippen LogP contribution in [0.1, 0.15) is 43.2 Å². The van der Waals surface area contributed by atoms with E-state index in [4.69, 9.17) is 16.3 Å². The Kier molecular flexibility index (Phi) is 7.86. The first-order valence-electron chi connectivity index (χ1n) is 9.27. The van der Waals surface area contributed by atoms with Crippen LogP contribution in [0.2, 0.25) is 5.02 Å². The van der Waals surface area contributed by atoms with Gasteiger partial charge in [-0.1, -0.05) is 37.1 Å². The number of alkyl halides is 6. The zero-order valence-corrected chi connectivity index (χ0v) is 17.0. The van der Waals surface area contributed by atoms with Gasteiger partial charge in [-0.05, 0) is 41.8 Å². The first kappa shape index (κ1) is 24.8. The first-order chi connectivity index (χ1) is 14.3. The predicted molar refractivity (Wildman–Crippen MR) is 103 cm³/mol. The molecule has 2 aromatic carbocycles. The molecule has 170 valence electrons. The van der Waals surface area contributed by atoms with Gasteiger partial charge < -0.3 is 9.84 Å². The highest BCUT2D eigenvalue weighted by Crippen LogP contribution is 2.41. The maximum Gasteiger partial charge on any atom is 0.416 e. The summed E-state index contributed by atoms with van der Waals surface area (Å²) in [5.41, 5.74) is -0.329. The lowest BCUT2D eigenvalue weighted by Crippen LogP contribution is -2.14. The van der Waals surface area contributed by atoms with Gasteiger partial charge in [0.2, 0.25) is 0 Å². The zero-order chi connectivity index (χ0) is 23.4. The number of benzene rings is 2. The third kappa shape index (κ3) is 6.78. The van der Waals surface area contributed by atoms with Gasteiger partial charge in [-0.3, -0.25) is 4.79 Å². The van der Waals surface area contributed by atoms with E-state index in [0.717, 1.165) is 24.3 Å². The predicted octanol–water partition coefficient (Wildman–Crippen LogP) is 7.33. The van der Waals surface area contributed by atoms with E-state index in [2.05, 4.69) is 0 Å². The number of ether oxygens (including phenoxy) is 1. The van der Waals surface area contributed by atoms with Crippen molar-refractivity contribution in [1.29, 1.82) is 0 Å². The number of carboxylic acid groups (broad SMARTS) is 1. The molecular weight excluding hydrogens is 450 g/mol. The van der Waals surface area contributed by atoms with Crippen LogP contribution < -0.4 is 4.74 Å². The average Bonchev–Trinajstić information content (AvgIpc) is 2.65. The molecule has 0 heterocycles. The number of aliphatic carboxylic acids is 1. The second kappa shape index (κ2) is 9.80. The summed E-state index contributed by atoms with van der Waals surface area (Å²) in [6, 6.07) is 6.57. The minimum atomic E-state index is -4.57. The SMILES string of the molecule is CCCC(C(=O)O)c1cc(Cl)c(OCCC(F)(F)F)c(-c2ccc(C(F)(F)F)cc2)c1. The van der Waals surface area contributed by atoms with E-state index in [-0.39, 0.29) is 33.9 Å². The summed E-state index contributed by atoms with van der Waals surface area (Å²) in [5.74, 6) is -2.22. The topological polar surface area (TPSA) is 46.5 Å². The van der Waals surface area contributed by atoms with Gasteiger partial charge in [0.1, 0.15) is 5.75 Å². The maximum atomic E-state index is 12.9. The van der Waals surface area contributed by atoms with Crippen LogP contribution in [0.3, 0.4) is 0 Å². The Balaban J connectivity index is 2.55. The van der Waals surface area contributed by atoms with Crippen LogP contribution in [0.25, 0.3) is 11.1 Å². The van der Waals surface area contributed by atoms with Crippen LogP contribution in [0.4, 0.5) is 26.3 Å². The van der Waals surface area contributed by atoms with E-state index in [1.807, 2.05) is 0 Å². The molecule has 0 spiro atoms. The molecular formula is C21H19ClF6O3. The lowest BCUT2D eigenvalue weighted by atomic mass is 9.91. The van der Waals surface area contributed by atoms with E-state index < -0.39 is 42.8 Å². The highest BCUT2D eigenvalue weighted by molar-refractivity contribution is 6.32. The summed E-state index contributed by atoms with van der Waals surface area (Å²) in [6.07, 6.45) is -9.50.